The highest BCUT2D eigenvalue weighted by Gasteiger charge is 2.40. The predicted octanol–water partition coefficient (Wildman–Crippen LogP) is 1.98. The number of ketones is 1. The molecule has 0 saturated carbocycles. The molecule has 4 rings (SSSR count). The van der Waals surface area contributed by atoms with E-state index in [0.29, 0.717) is 48.0 Å². The van der Waals surface area contributed by atoms with Crippen LogP contribution in [0, 0.1) is 6.92 Å². The van der Waals surface area contributed by atoms with Crippen molar-refractivity contribution >= 4 is 17.6 Å². The van der Waals surface area contributed by atoms with Gasteiger partial charge in [-0.25, -0.2) is 9.66 Å². The molecule has 10 nitrogen and oxygen atoms in total. The number of hydrogen-bond donors (Lipinski definition) is 2. The van der Waals surface area contributed by atoms with Gasteiger partial charge in [-0.3, -0.25) is 19.8 Å². The van der Waals surface area contributed by atoms with Crippen molar-refractivity contribution in [3.63, 3.8) is 0 Å². The molecular weight excluding hydrogens is 472 g/mol. The number of ether oxygens (including phenoxy) is 1. The summed E-state index contributed by atoms with van der Waals surface area (Å²) in [5.74, 6) is 0.259. The third-order valence-electron chi connectivity index (χ3n) is 7.10. The third kappa shape index (κ3) is 5.34. The Morgan fingerprint density at radius 2 is 1.86 bits per heavy atom. The number of rotatable bonds is 9. The maximum Gasteiger partial charge on any atom is 0.290 e. The molecule has 2 aliphatic heterocycles. The van der Waals surface area contributed by atoms with E-state index < -0.39 is 17.4 Å². The molecule has 0 radical (unpaired) electrons. The molecule has 0 spiro atoms. The molecule has 2 aromatic rings. The number of carbonyl (C=O) groups is 3. The van der Waals surface area contributed by atoms with Crippen molar-refractivity contribution in [3.8, 4) is 5.75 Å². The third-order valence-corrected chi connectivity index (χ3v) is 7.10. The summed E-state index contributed by atoms with van der Waals surface area (Å²) < 4.78 is 7.67. The normalized spacial score (nSPS) is 19.7. The second kappa shape index (κ2) is 10.9. The summed E-state index contributed by atoms with van der Waals surface area (Å²) in [4.78, 5) is 47.5. The van der Waals surface area contributed by atoms with Gasteiger partial charge in [0.15, 0.2) is 11.4 Å². The van der Waals surface area contributed by atoms with E-state index in [0.717, 1.165) is 38.3 Å². The fraction of sp³-hybridized carbons (Fsp3) is 0.556. The molecule has 2 aliphatic rings. The van der Waals surface area contributed by atoms with E-state index in [1.807, 2.05) is 26.8 Å². The van der Waals surface area contributed by atoms with E-state index in [1.54, 1.807) is 21.7 Å². The molecule has 2 amide bonds. The molecule has 1 atom stereocenters. The number of Topliss-reactive ketones (excluding diaryl/α,β-unsaturated/α-hetero) is 1. The number of benzene rings is 1. The summed E-state index contributed by atoms with van der Waals surface area (Å²) in [7, 11) is 0. The first-order valence-corrected chi connectivity index (χ1v) is 13.2. The number of fused-ring (bicyclic) bond motifs is 1. The summed E-state index contributed by atoms with van der Waals surface area (Å²) >= 11 is 0. The zero-order valence-corrected chi connectivity index (χ0v) is 22.5. The van der Waals surface area contributed by atoms with Gasteiger partial charge in [0.1, 0.15) is 11.6 Å². The number of likely N-dealkylation sites (N-methyl/N-ethyl adjacent to an activating group) is 1. The van der Waals surface area contributed by atoms with Gasteiger partial charge < -0.3 is 19.9 Å². The number of piperazine rings is 1. The van der Waals surface area contributed by atoms with Crippen molar-refractivity contribution in [2.24, 2.45) is 0 Å². The van der Waals surface area contributed by atoms with E-state index in [-0.39, 0.29) is 12.3 Å². The Bertz CT molecular complexity index is 1180. The fourth-order valence-electron chi connectivity index (χ4n) is 5.09. The van der Waals surface area contributed by atoms with Gasteiger partial charge in [-0.1, -0.05) is 19.9 Å². The number of nitrogens with zero attached hydrogens (tertiary/aromatic N) is 4. The Kier molecular flexibility index (Phi) is 7.87. The van der Waals surface area contributed by atoms with E-state index in [4.69, 9.17) is 4.74 Å². The molecule has 2 N–H and O–H groups in total. The highest BCUT2D eigenvalue weighted by molar-refractivity contribution is 6.36. The quantitative estimate of drug-likeness (QED) is 0.497. The van der Waals surface area contributed by atoms with E-state index in [2.05, 4.69) is 34.5 Å². The zero-order chi connectivity index (χ0) is 26.7. The van der Waals surface area contributed by atoms with E-state index in [1.165, 1.54) is 0 Å². The Morgan fingerprint density at radius 3 is 2.51 bits per heavy atom. The van der Waals surface area contributed by atoms with E-state index in [9.17, 15) is 14.4 Å². The maximum absolute atomic E-state index is 13.2. The number of imidazole rings is 1. The van der Waals surface area contributed by atoms with Gasteiger partial charge in [0.25, 0.3) is 11.8 Å². The lowest BCUT2D eigenvalue weighted by molar-refractivity contribution is -0.145. The van der Waals surface area contributed by atoms with Gasteiger partial charge in [-0.2, -0.15) is 0 Å². The van der Waals surface area contributed by atoms with E-state index >= 15 is 0 Å². The SMILES string of the molecule is CCCc1nc(C)c2n1NC(C)(c1cc(CC(=O)C(=O)N3CCN(CC)CC3)ccc1OCC)NC2=O. The monoisotopic (exact) mass is 510 g/mol. The molecule has 10 heteroatoms. The lowest BCUT2D eigenvalue weighted by atomic mass is 9.95. The average molecular weight is 511 g/mol. The summed E-state index contributed by atoms with van der Waals surface area (Å²) in [5.41, 5.74) is 4.92. The van der Waals surface area contributed by atoms with Gasteiger partial charge in [-0.15, -0.1) is 0 Å². The summed E-state index contributed by atoms with van der Waals surface area (Å²) in [6, 6.07) is 5.44. The van der Waals surface area contributed by atoms with Crippen LogP contribution < -0.4 is 15.5 Å². The summed E-state index contributed by atoms with van der Waals surface area (Å²) in [5, 5.41) is 3.07. The van der Waals surface area contributed by atoms with Crippen LogP contribution in [0.15, 0.2) is 18.2 Å². The Balaban J connectivity index is 1.60. The molecule has 3 heterocycles. The smallest absolute Gasteiger partial charge is 0.290 e. The molecule has 1 fully saturated rings. The van der Waals surface area contributed by atoms with Gasteiger partial charge in [0.2, 0.25) is 5.78 Å². The fourth-order valence-corrected chi connectivity index (χ4v) is 5.09. The molecule has 1 aromatic carbocycles. The standard InChI is InChI=1S/C27H38N6O4/c1-6-9-23-28-18(4)24-25(35)29-27(5,30-33(23)24)20-16-19(10-11-22(20)37-8-3)17-21(34)26(36)32-14-12-31(7-2)13-15-32/h10-11,16,30H,6-9,12-15,17H2,1-5H3,(H,29,35). The van der Waals surface area contributed by atoms with Crippen LogP contribution in [0.5, 0.6) is 5.75 Å². The van der Waals surface area contributed by atoms with Crippen molar-refractivity contribution in [1.82, 2.24) is 24.8 Å². The number of nitrogens with one attached hydrogen (secondary N) is 2. The number of amides is 2. The van der Waals surface area contributed by atoms with Crippen LogP contribution in [0.4, 0.5) is 0 Å². The molecule has 1 unspecified atom stereocenters. The van der Waals surface area contributed by atoms with Crippen LogP contribution in [0.1, 0.15) is 67.2 Å². The van der Waals surface area contributed by atoms with Gasteiger partial charge in [-0.05, 0) is 51.4 Å². The minimum Gasteiger partial charge on any atom is -0.493 e. The maximum atomic E-state index is 13.2. The van der Waals surface area contributed by atoms with Gasteiger partial charge in [0.05, 0.1) is 12.3 Å². The van der Waals surface area contributed by atoms with Crippen molar-refractivity contribution in [3.05, 3.63) is 46.5 Å². The first kappa shape index (κ1) is 26.7. The molecule has 0 bridgehead atoms. The van der Waals surface area contributed by atoms with Gasteiger partial charge >= 0.3 is 0 Å². The van der Waals surface area contributed by atoms with Crippen LogP contribution >= 0.6 is 0 Å². The highest BCUT2D eigenvalue weighted by Crippen LogP contribution is 2.33. The zero-order valence-electron chi connectivity index (χ0n) is 22.5. The first-order chi connectivity index (χ1) is 17.7. The number of hydrogen-bond acceptors (Lipinski definition) is 7. The predicted molar refractivity (Wildman–Crippen MR) is 140 cm³/mol. The second-order valence-corrected chi connectivity index (χ2v) is 9.83. The van der Waals surface area contributed by atoms with Crippen molar-refractivity contribution in [1.29, 1.82) is 0 Å². The molecule has 37 heavy (non-hydrogen) atoms. The number of carbonyl (C=O) groups excluding carboxylic acids is 3. The number of aromatic nitrogens is 2. The molecular formula is C27H38N6O4. The first-order valence-electron chi connectivity index (χ1n) is 13.2. The van der Waals surface area contributed by atoms with Crippen LogP contribution in [-0.2, 0) is 28.1 Å². The highest BCUT2D eigenvalue weighted by atomic mass is 16.5. The second-order valence-electron chi connectivity index (χ2n) is 9.83. The lowest BCUT2D eigenvalue weighted by Gasteiger charge is -2.39. The van der Waals surface area contributed by atoms with Crippen molar-refractivity contribution in [2.45, 2.75) is 59.5 Å². The minimum atomic E-state index is -1.02. The molecule has 200 valence electrons. The molecule has 0 aliphatic carbocycles. The summed E-state index contributed by atoms with van der Waals surface area (Å²) in [6.45, 7) is 13.8. The Labute approximate surface area is 218 Å². The average Bonchev–Trinajstić information content (AvgIpc) is 3.19. The molecule has 1 saturated heterocycles. The Morgan fingerprint density at radius 1 is 1.14 bits per heavy atom. The lowest BCUT2D eigenvalue weighted by Crippen LogP contribution is -2.58. The van der Waals surface area contributed by atoms with Crippen LogP contribution in [0.25, 0.3) is 0 Å². The summed E-state index contributed by atoms with van der Waals surface area (Å²) in [6.07, 6.45) is 1.59. The topological polar surface area (TPSA) is 109 Å². The molecule has 1 aromatic heterocycles. The van der Waals surface area contributed by atoms with Crippen LogP contribution in [0.3, 0.4) is 0 Å². The Hall–Kier alpha value is -3.40. The largest absolute Gasteiger partial charge is 0.493 e. The van der Waals surface area contributed by atoms with Crippen LogP contribution in [0.2, 0.25) is 0 Å². The minimum absolute atomic E-state index is 0.0211. The van der Waals surface area contributed by atoms with Crippen molar-refractivity contribution < 1.29 is 19.1 Å². The van der Waals surface area contributed by atoms with Gasteiger partial charge in [0, 0.05) is 44.6 Å². The van der Waals surface area contributed by atoms with Crippen LogP contribution in [-0.4, -0.2) is 76.4 Å². The number of aryl methyl sites for hydroxylation is 2. The van der Waals surface area contributed by atoms with Crippen molar-refractivity contribution in [2.75, 3.05) is 44.8 Å².